The standard InChI is InChI=1S/C13H19NO3/c15-12(10-6-11(10)13(16)17)14-4-3-8-1-2-9(5-8)7-14/h8-11H,1-7H2,(H,16,17). The number of hydrogen-bond donors (Lipinski definition) is 1. The highest BCUT2D eigenvalue weighted by molar-refractivity contribution is 5.89. The second-order valence-corrected chi connectivity index (χ2v) is 5.90. The molecule has 3 rings (SSSR count). The smallest absolute Gasteiger partial charge is 0.307 e. The summed E-state index contributed by atoms with van der Waals surface area (Å²) in [6.07, 6.45) is 5.53. The molecule has 4 unspecified atom stereocenters. The van der Waals surface area contributed by atoms with E-state index in [4.69, 9.17) is 5.11 Å². The topological polar surface area (TPSA) is 57.6 Å². The molecule has 0 aromatic rings. The Hall–Kier alpha value is -1.06. The number of hydrogen-bond acceptors (Lipinski definition) is 2. The van der Waals surface area contributed by atoms with E-state index in [2.05, 4.69) is 0 Å². The Morgan fingerprint density at radius 1 is 1.00 bits per heavy atom. The van der Waals surface area contributed by atoms with Gasteiger partial charge < -0.3 is 10.0 Å². The Morgan fingerprint density at radius 2 is 1.76 bits per heavy atom. The van der Waals surface area contributed by atoms with Gasteiger partial charge in [0.15, 0.2) is 0 Å². The van der Waals surface area contributed by atoms with E-state index in [1.807, 2.05) is 4.90 Å². The number of fused-ring (bicyclic) bond motifs is 2. The quantitative estimate of drug-likeness (QED) is 0.788. The van der Waals surface area contributed by atoms with E-state index in [0.29, 0.717) is 12.3 Å². The number of aliphatic carboxylic acids is 1. The molecular formula is C13H19NO3. The third-order valence-corrected chi connectivity index (χ3v) is 4.67. The number of carbonyl (C=O) groups is 2. The molecule has 17 heavy (non-hydrogen) atoms. The van der Waals surface area contributed by atoms with Gasteiger partial charge in [0.2, 0.25) is 5.91 Å². The molecule has 1 N–H and O–H groups in total. The van der Waals surface area contributed by atoms with Crippen LogP contribution < -0.4 is 0 Å². The van der Waals surface area contributed by atoms with Gasteiger partial charge in [0.05, 0.1) is 11.8 Å². The highest BCUT2D eigenvalue weighted by Gasteiger charge is 2.50. The summed E-state index contributed by atoms with van der Waals surface area (Å²) in [6.45, 7) is 1.72. The summed E-state index contributed by atoms with van der Waals surface area (Å²) in [6, 6.07) is 0. The molecule has 0 aromatic heterocycles. The Balaban J connectivity index is 1.61. The van der Waals surface area contributed by atoms with Crippen LogP contribution in [0, 0.1) is 23.7 Å². The molecule has 4 nitrogen and oxygen atoms in total. The van der Waals surface area contributed by atoms with E-state index in [-0.39, 0.29) is 11.8 Å². The summed E-state index contributed by atoms with van der Waals surface area (Å²) in [5.41, 5.74) is 0. The molecule has 0 spiro atoms. The maximum Gasteiger partial charge on any atom is 0.307 e. The Bertz CT molecular complexity index is 355. The van der Waals surface area contributed by atoms with E-state index < -0.39 is 11.9 Å². The van der Waals surface area contributed by atoms with Crippen molar-refractivity contribution in [2.24, 2.45) is 23.7 Å². The lowest BCUT2D eigenvalue weighted by Gasteiger charge is -2.25. The molecule has 4 heteroatoms. The van der Waals surface area contributed by atoms with Crippen LogP contribution in [-0.2, 0) is 9.59 Å². The van der Waals surface area contributed by atoms with Crippen molar-refractivity contribution < 1.29 is 14.7 Å². The van der Waals surface area contributed by atoms with Gasteiger partial charge in [0, 0.05) is 13.1 Å². The van der Waals surface area contributed by atoms with Crippen LogP contribution in [0.3, 0.4) is 0 Å². The average molecular weight is 237 g/mol. The van der Waals surface area contributed by atoms with Crippen molar-refractivity contribution in [1.82, 2.24) is 4.90 Å². The molecule has 1 heterocycles. The molecule has 1 aliphatic heterocycles. The minimum absolute atomic E-state index is 0.102. The van der Waals surface area contributed by atoms with Gasteiger partial charge in [-0.3, -0.25) is 9.59 Å². The lowest BCUT2D eigenvalue weighted by atomic mass is 10.0. The predicted octanol–water partition coefficient (Wildman–Crippen LogP) is 1.36. The molecule has 2 bridgehead atoms. The lowest BCUT2D eigenvalue weighted by Crippen LogP contribution is -2.36. The zero-order valence-electron chi connectivity index (χ0n) is 9.97. The first-order valence-electron chi connectivity index (χ1n) is 6.66. The molecule has 0 aromatic carbocycles. The van der Waals surface area contributed by atoms with Gasteiger partial charge in [0.1, 0.15) is 0 Å². The van der Waals surface area contributed by atoms with Crippen LogP contribution in [0.15, 0.2) is 0 Å². The van der Waals surface area contributed by atoms with Crippen molar-refractivity contribution in [3.05, 3.63) is 0 Å². The van der Waals surface area contributed by atoms with Crippen molar-refractivity contribution in [2.75, 3.05) is 13.1 Å². The molecule has 1 amide bonds. The van der Waals surface area contributed by atoms with Gasteiger partial charge in [-0.1, -0.05) is 6.42 Å². The van der Waals surface area contributed by atoms with Crippen molar-refractivity contribution in [3.8, 4) is 0 Å². The maximum atomic E-state index is 12.2. The molecule has 3 aliphatic rings. The first kappa shape index (κ1) is 11.1. The van der Waals surface area contributed by atoms with Crippen molar-refractivity contribution in [2.45, 2.75) is 32.1 Å². The first-order chi connectivity index (χ1) is 8.15. The van der Waals surface area contributed by atoms with Crippen molar-refractivity contribution >= 4 is 11.9 Å². The van der Waals surface area contributed by atoms with Crippen LogP contribution in [0.1, 0.15) is 32.1 Å². The van der Waals surface area contributed by atoms with Gasteiger partial charge >= 0.3 is 5.97 Å². The van der Waals surface area contributed by atoms with Gasteiger partial charge in [-0.15, -0.1) is 0 Å². The third kappa shape index (κ3) is 2.05. The summed E-state index contributed by atoms with van der Waals surface area (Å²) < 4.78 is 0. The van der Waals surface area contributed by atoms with Crippen LogP contribution in [-0.4, -0.2) is 35.0 Å². The summed E-state index contributed by atoms with van der Waals surface area (Å²) in [5, 5.41) is 8.86. The fraction of sp³-hybridized carbons (Fsp3) is 0.846. The van der Waals surface area contributed by atoms with E-state index in [0.717, 1.165) is 25.4 Å². The van der Waals surface area contributed by atoms with E-state index in [1.165, 1.54) is 19.3 Å². The van der Waals surface area contributed by atoms with E-state index in [1.54, 1.807) is 0 Å². The minimum atomic E-state index is -0.806. The summed E-state index contributed by atoms with van der Waals surface area (Å²) in [7, 11) is 0. The number of likely N-dealkylation sites (tertiary alicyclic amines) is 1. The zero-order valence-corrected chi connectivity index (χ0v) is 9.97. The molecular weight excluding hydrogens is 218 g/mol. The molecule has 4 atom stereocenters. The van der Waals surface area contributed by atoms with Crippen LogP contribution in [0.5, 0.6) is 0 Å². The van der Waals surface area contributed by atoms with Crippen molar-refractivity contribution in [1.29, 1.82) is 0 Å². The molecule has 0 radical (unpaired) electrons. The number of amides is 1. The normalized spacial score (nSPS) is 39.9. The zero-order chi connectivity index (χ0) is 12.0. The largest absolute Gasteiger partial charge is 0.481 e. The summed E-state index contributed by atoms with van der Waals surface area (Å²) >= 11 is 0. The average Bonchev–Trinajstić information content (AvgIpc) is 2.99. The number of rotatable bonds is 2. The van der Waals surface area contributed by atoms with Gasteiger partial charge in [0.25, 0.3) is 0 Å². The SMILES string of the molecule is O=C(O)C1CC1C(=O)N1CCC2CCC(C2)C1. The van der Waals surface area contributed by atoms with Crippen molar-refractivity contribution in [3.63, 3.8) is 0 Å². The molecule has 1 saturated heterocycles. The van der Waals surface area contributed by atoms with E-state index in [9.17, 15) is 9.59 Å². The fourth-order valence-corrected chi connectivity index (χ4v) is 3.52. The summed E-state index contributed by atoms with van der Waals surface area (Å²) in [5.74, 6) is 0.164. The highest BCUT2D eigenvalue weighted by atomic mass is 16.4. The van der Waals surface area contributed by atoms with Gasteiger partial charge in [-0.2, -0.15) is 0 Å². The second kappa shape index (κ2) is 4.00. The fourth-order valence-electron chi connectivity index (χ4n) is 3.52. The monoisotopic (exact) mass is 237 g/mol. The highest BCUT2D eigenvalue weighted by Crippen LogP contribution is 2.42. The van der Waals surface area contributed by atoms with Crippen LogP contribution in [0.25, 0.3) is 0 Å². The van der Waals surface area contributed by atoms with Gasteiger partial charge in [-0.05, 0) is 37.5 Å². The lowest BCUT2D eigenvalue weighted by molar-refractivity contribution is -0.142. The predicted molar refractivity (Wildman–Crippen MR) is 61.3 cm³/mol. The number of nitrogens with zero attached hydrogens (tertiary/aromatic N) is 1. The Labute approximate surface area is 101 Å². The Morgan fingerprint density at radius 3 is 2.47 bits per heavy atom. The van der Waals surface area contributed by atoms with E-state index >= 15 is 0 Å². The van der Waals surface area contributed by atoms with Crippen LogP contribution >= 0.6 is 0 Å². The van der Waals surface area contributed by atoms with Crippen LogP contribution in [0.2, 0.25) is 0 Å². The second-order valence-electron chi connectivity index (χ2n) is 5.90. The third-order valence-electron chi connectivity index (χ3n) is 4.67. The number of carboxylic acids is 1. The maximum absolute atomic E-state index is 12.2. The van der Waals surface area contributed by atoms with Crippen LogP contribution in [0.4, 0.5) is 0 Å². The number of carbonyl (C=O) groups excluding carboxylic acids is 1. The number of carboxylic acid groups (broad SMARTS) is 1. The minimum Gasteiger partial charge on any atom is -0.481 e. The summed E-state index contributed by atoms with van der Waals surface area (Å²) in [4.78, 5) is 24.9. The Kier molecular flexibility index (Phi) is 2.60. The first-order valence-corrected chi connectivity index (χ1v) is 6.66. The van der Waals surface area contributed by atoms with Gasteiger partial charge in [-0.25, -0.2) is 0 Å². The molecule has 2 aliphatic carbocycles. The molecule has 94 valence electrons. The molecule has 2 saturated carbocycles. The molecule has 3 fully saturated rings.